The van der Waals surface area contributed by atoms with Crippen molar-refractivity contribution in [3.05, 3.63) is 71.6 Å². The largest absolute Gasteiger partial charge is 0.387 e. The second-order valence-electron chi connectivity index (χ2n) is 23.6. The van der Waals surface area contributed by atoms with E-state index in [1.807, 2.05) is 0 Å². The number of aryl methyl sites for hydroxylation is 1. The molecule has 5 atom stereocenters. The molecular formula is C59H82N12O8. The molecule has 2 aromatic carbocycles. The molecule has 2 saturated heterocycles. The van der Waals surface area contributed by atoms with Gasteiger partial charge in [-0.3, -0.25) is 43.7 Å². The van der Waals surface area contributed by atoms with Crippen molar-refractivity contribution >= 4 is 63.2 Å². The fourth-order valence-electron chi connectivity index (χ4n) is 11.8. The van der Waals surface area contributed by atoms with Crippen LogP contribution in [0.3, 0.4) is 0 Å². The van der Waals surface area contributed by atoms with Crippen molar-refractivity contribution in [2.24, 2.45) is 5.92 Å². The van der Waals surface area contributed by atoms with E-state index < -0.39 is 54.2 Å². The summed E-state index contributed by atoms with van der Waals surface area (Å²) >= 11 is 0. The summed E-state index contributed by atoms with van der Waals surface area (Å²) in [6, 6.07) is 11.2. The van der Waals surface area contributed by atoms with E-state index in [4.69, 9.17) is 9.72 Å². The van der Waals surface area contributed by atoms with E-state index in [0.717, 1.165) is 118 Å². The number of aliphatic hydroxyl groups excluding tert-OH is 2. The average molecular weight is 1090 g/mol. The number of aliphatic hydroxyl groups is 2. The number of aromatic amines is 1. The number of nitrogens with one attached hydrogen (secondary N) is 5. The summed E-state index contributed by atoms with van der Waals surface area (Å²) in [6.45, 7) is 13.4. The molecule has 79 heavy (non-hydrogen) atoms. The molecule has 1 saturated carbocycles. The van der Waals surface area contributed by atoms with Gasteiger partial charge in [-0.2, -0.15) is 0 Å². The quantitative estimate of drug-likeness (QED) is 0.0189. The Morgan fingerprint density at radius 2 is 1.58 bits per heavy atom. The second kappa shape index (κ2) is 25.8. The van der Waals surface area contributed by atoms with Gasteiger partial charge >= 0.3 is 0 Å². The van der Waals surface area contributed by atoms with Crippen LogP contribution < -0.4 is 21.3 Å². The Kier molecular flexibility index (Phi) is 18.8. The molecule has 4 aliphatic rings. The van der Waals surface area contributed by atoms with Crippen molar-refractivity contribution < 1.29 is 38.9 Å². The topological polar surface area (TPSA) is 262 Å². The maximum absolute atomic E-state index is 13.3. The molecule has 20 nitrogen and oxygen atoms in total. The molecule has 3 aliphatic heterocycles. The van der Waals surface area contributed by atoms with Gasteiger partial charge in [-0.1, -0.05) is 77.8 Å². The Morgan fingerprint density at radius 1 is 0.861 bits per heavy atom. The minimum Gasteiger partial charge on any atom is -0.387 e. The predicted molar refractivity (Wildman–Crippen MR) is 301 cm³/mol. The predicted octanol–water partition coefficient (Wildman–Crippen LogP) is 7.46. The summed E-state index contributed by atoms with van der Waals surface area (Å²) in [7, 11) is 0. The molecule has 0 spiro atoms. The first kappa shape index (κ1) is 57.3. The van der Waals surface area contributed by atoms with Gasteiger partial charge in [-0.05, 0) is 106 Å². The number of imidazole rings is 2. The van der Waals surface area contributed by atoms with E-state index in [1.165, 1.54) is 11.9 Å². The highest BCUT2D eigenvalue weighted by Crippen LogP contribution is 2.39. The number of hydrogen-bond donors (Lipinski definition) is 7. The summed E-state index contributed by atoms with van der Waals surface area (Å²) in [5, 5.41) is 34.6. The number of carbonyl (C=O) groups excluding carboxylic acids is 5. The van der Waals surface area contributed by atoms with Crippen LogP contribution in [0, 0.1) is 5.92 Å². The van der Waals surface area contributed by atoms with Gasteiger partial charge < -0.3 is 35.9 Å². The van der Waals surface area contributed by atoms with Gasteiger partial charge in [0.05, 0.1) is 28.5 Å². The lowest BCUT2D eigenvalue weighted by atomic mass is 9.76. The van der Waals surface area contributed by atoms with Crippen molar-refractivity contribution in [1.82, 2.24) is 49.9 Å². The first-order valence-electron chi connectivity index (χ1n) is 29.1. The number of ether oxygens (including phenoxy) is 1. The van der Waals surface area contributed by atoms with Gasteiger partial charge in [0.15, 0.2) is 23.2 Å². The average Bonchev–Trinajstić information content (AvgIpc) is 4.15. The van der Waals surface area contributed by atoms with E-state index in [1.54, 1.807) is 29.1 Å². The van der Waals surface area contributed by atoms with Gasteiger partial charge in [0.2, 0.25) is 17.7 Å². The Bertz CT molecular complexity index is 2940. The Balaban J connectivity index is 0.606. The molecule has 9 rings (SSSR count). The number of hydrogen-bond acceptors (Lipinski definition) is 15. The SMILES string of the molecule is CC(C)N(C[C@H]1O[C@@H](n2cnc3c(NCCCCNC(=O)CCCCCCCCCCCNc4cccc5c4C(=O)N(C4CCC(=O)NC4=O)C5=O)ncnc32)C(O)C1O)C1CC(CCc2nc3ccc(C(C)(C)C)cc3[nH]2)C1. The zero-order valence-electron chi connectivity index (χ0n) is 46.8. The molecule has 6 heterocycles. The summed E-state index contributed by atoms with van der Waals surface area (Å²) in [6.07, 6.45) is 15.2. The number of imide groups is 2. The van der Waals surface area contributed by atoms with E-state index >= 15 is 0 Å². The fraction of sp³-hybridized carbons (Fsp3) is 0.610. The second-order valence-corrected chi connectivity index (χ2v) is 23.6. The minimum absolute atomic E-state index is 0.0748. The van der Waals surface area contributed by atoms with Gasteiger partial charge in [-0.15, -0.1) is 0 Å². The van der Waals surface area contributed by atoms with Crippen molar-refractivity contribution in [2.75, 3.05) is 36.8 Å². The molecular weight excluding hydrogens is 1000 g/mol. The number of carbonyl (C=O) groups is 5. The van der Waals surface area contributed by atoms with Gasteiger partial charge in [0, 0.05) is 63.2 Å². The summed E-state index contributed by atoms with van der Waals surface area (Å²) in [5.41, 5.74) is 5.67. The van der Waals surface area contributed by atoms with Crippen LogP contribution in [0.25, 0.3) is 22.2 Å². The number of H-pyrrole nitrogens is 1. The highest BCUT2D eigenvalue weighted by molar-refractivity contribution is 6.25. The summed E-state index contributed by atoms with van der Waals surface area (Å²) < 4.78 is 8.13. The Labute approximate surface area is 463 Å². The summed E-state index contributed by atoms with van der Waals surface area (Å²) in [4.78, 5) is 88.4. The zero-order chi connectivity index (χ0) is 55.8. The normalized spacial score (nSPS) is 22.3. The number of benzene rings is 2. The van der Waals surface area contributed by atoms with Crippen LogP contribution in [0.2, 0.25) is 0 Å². The number of rotatable bonds is 28. The highest BCUT2D eigenvalue weighted by atomic mass is 16.6. The number of aromatic nitrogens is 6. The molecule has 5 amide bonds. The lowest BCUT2D eigenvalue weighted by molar-refractivity contribution is -0.136. The van der Waals surface area contributed by atoms with Gasteiger partial charge in [-0.25, -0.2) is 19.9 Å². The third-order valence-corrected chi connectivity index (χ3v) is 16.5. The van der Waals surface area contributed by atoms with Crippen LogP contribution in [-0.4, -0.2) is 142 Å². The number of piperidine rings is 1. The van der Waals surface area contributed by atoms with Crippen LogP contribution in [-0.2, 0) is 31.0 Å². The van der Waals surface area contributed by atoms with E-state index in [2.05, 4.69) is 98.9 Å². The van der Waals surface area contributed by atoms with Gasteiger partial charge in [0.1, 0.15) is 36.5 Å². The van der Waals surface area contributed by atoms with Crippen LogP contribution in [0.5, 0.6) is 0 Å². The van der Waals surface area contributed by atoms with Gasteiger partial charge in [0.25, 0.3) is 11.8 Å². The number of anilines is 2. The third-order valence-electron chi connectivity index (χ3n) is 16.5. The fourth-order valence-corrected chi connectivity index (χ4v) is 11.8. The lowest BCUT2D eigenvalue weighted by Crippen LogP contribution is -2.54. The number of fused-ring (bicyclic) bond motifs is 3. The summed E-state index contributed by atoms with van der Waals surface area (Å²) in [5.74, 6) is 0.243. The molecule has 3 fully saturated rings. The first-order chi connectivity index (χ1) is 38.0. The van der Waals surface area contributed by atoms with E-state index in [-0.39, 0.29) is 41.3 Å². The Morgan fingerprint density at radius 3 is 2.33 bits per heavy atom. The molecule has 3 aromatic heterocycles. The molecule has 0 bridgehead atoms. The first-order valence-corrected chi connectivity index (χ1v) is 29.1. The van der Waals surface area contributed by atoms with Crippen LogP contribution in [0.1, 0.15) is 182 Å². The van der Waals surface area contributed by atoms with Crippen molar-refractivity contribution in [3.8, 4) is 0 Å². The van der Waals surface area contributed by atoms with Crippen molar-refractivity contribution in [2.45, 2.75) is 198 Å². The number of unbranched alkanes of at least 4 members (excludes halogenated alkanes) is 9. The smallest absolute Gasteiger partial charge is 0.264 e. The number of amides is 5. The maximum atomic E-state index is 13.3. The lowest BCUT2D eigenvalue weighted by Gasteiger charge is -2.46. The van der Waals surface area contributed by atoms with E-state index in [9.17, 15) is 34.2 Å². The molecule has 20 heteroatoms. The molecule has 7 N–H and O–H groups in total. The maximum Gasteiger partial charge on any atom is 0.264 e. The molecule has 5 aromatic rings. The van der Waals surface area contributed by atoms with Crippen molar-refractivity contribution in [1.29, 1.82) is 0 Å². The molecule has 3 unspecified atom stereocenters. The molecule has 0 radical (unpaired) electrons. The molecule has 1 aliphatic carbocycles. The van der Waals surface area contributed by atoms with Crippen LogP contribution in [0.4, 0.5) is 11.5 Å². The molecule has 426 valence electrons. The van der Waals surface area contributed by atoms with Crippen molar-refractivity contribution in [3.63, 3.8) is 0 Å². The zero-order valence-corrected chi connectivity index (χ0v) is 46.8. The van der Waals surface area contributed by atoms with Crippen LogP contribution in [0.15, 0.2) is 49.1 Å². The highest BCUT2D eigenvalue weighted by Gasteiger charge is 2.48. The number of nitrogens with zero attached hydrogens (tertiary/aromatic N) is 7. The monoisotopic (exact) mass is 1090 g/mol. The van der Waals surface area contributed by atoms with Crippen LogP contribution >= 0.6 is 0 Å². The third kappa shape index (κ3) is 13.6. The van der Waals surface area contributed by atoms with E-state index in [0.29, 0.717) is 67.2 Å². The minimum atomic E-state index is -1.17. The standard InChI is InChI=1S/C59H82N12O8/c1-36(2)69(39-30-37(31-39)21-25-46-66-41-23-22-38(59(3,4)5)32-43(41)67-46)33-45-51(74)52(75)58(79-45)70-35-65-50-53(63-34-64-54(50)70)62-29-16-15-28-61-47(72)20-13-11-9-7-6-8-10-12-14-27-60-42-19-17-18-40-49(42)57(78)71(56(40)77)44-24-26-48(73)68-55(44)76/h17-19,22-23,32,34-37,39,44-45,51-52,58,60,74-75H,6-16,20-21,24-31,33H2,1-5H3,(H,61,72)(H,66,67)(H,62,63,64)(H,68,73,76)/t37?,39?,44?,45-,51?,52?,58-/m1/s1. The Hall–Kier alpha value is -6.35.